The average Bonchev–Trinajstić information content (AvgIpc) is 2.80. The Morgan fingerprint density at radius 3 is 2.57 bits per heavy atom. The Kier molecular flexibility index (Phi) is 9.56. The summed E-state index contributed by atoms with van der Waals surface area (Å²) in [6, 6.07) is 7.77. The molecular weight excluding hydrogens is 434 g/mol. The number of carboxylic acids is 1. The van der Waals surface area contributed by atoms with Crippen LogP contribution in [0.15, 0.2) is 71.4 Å². The number of nitrogens with zero attached hydrogens (tertiary/aromatic N) is 1. The average molecular weight is 478 g/mol. The van der Waals surface area contributed by atoms with Gasteiger partial charge in [-0.25, -0.2) is 0 Å². The molecule has 0 amide bonds. The van der Waals surface area contributed by atoms with E-state index in [2.05, 4.69) is 70.0 Å². The maximum absolute atomic E-state index is 10.7. The largest absolute Gasteiger partial charge is 0.492 e. The highest BCUT2D eigenvalue weighted by atomic mass is 16.5. The molecule has 35 heavy (non-hydrogen) atoms. The highest BCUT2D eigenvalue weighted by Crippen LogP contribution is 2.39. The molecule has 0 spiro atoms. The van der Waals surface area contributed by atoms with Crippen molar-refractivity contribution < 1.29 is 14.6 Å². The predicted molar refractivity (Wildman–Crippen MR) is 145 cm³/mol. The molecule has 2 unspecified atom stereocenters. The molecule has 0 radical (unpaired) electrons. The van der Waals surface area contributed by atoms with Gasteiger partial charge in [-0.2, -0.15) is 0 Å². The van der Waals surface area contributed by atoms with E-state index in [4.69, 9.17) is 9.84 Å². The summed E-state index contributed by atoms with van der Waals surface area (Å²) in [4.78, 5) is 13.1. The zero-order valence-electron chi connectivity index (χ0n) is 22.2. The van der Waals surface area contributed by atoms with Gasteiger partial charge in [0, 0.05) is 18.9 Å². The number of ether oxygens (including phenoxy) is 1. The Balaban J connectivity index is 1.53. The fraction of sp³-hybridized carbons (Fsp3) is 0.516. The smallest absolute Gasteiger partial charge is 0.303 e. The van der Waals surface area contributed by atoms with Crippen LogP contribution in [-0.4, -0.2) is 42.7 Å². The number of rotatable bonds is 12. The van der Waals surface area contributed by atoms with Crippen LogP contribution in [0.5, 0.6) is 5.75 Å². The van der Waals surface area contributed by atoms with Crippen LogP contribution in [-0.2, 0) is 11.2 Å². The molecule has 0 aliphatic heterocycles. The van der Waals surface area contributed by atoms with E-state index < -0.39 is 5.97 Å². The molecule has 4 heteroatoms. The Bertz CT molecular complexity index is 981. The van der Waals surface area contributed by atoms with Crippen molar-refractivity contribution >= 4 is 5.97 Å². The summed E-state index contributed by atoms with van der Waals surface area (Å²) in [7, 11) is 2.17. The van der Waals surface area contributed by atoms with Crippen molar-refractivity contribution in [2.24, 2.45) is 17.3 Å². The SMILES string of the molecule is CC1=CC=C(C(CCN(C)CCOc2ccc(CCC(=O)O)cc2)C2=CCC(C)(C)C=C2)C(C)C1. The van der Waals surface area contributed by atoms with Gasteiger partial charge in [-0.05, 0) is 80.8 Å². The molecule has 190 valence electrons. The molecule has 2 atom stereocenters. The van der Waals surface area contributed by atoms with Gasteiger partial charge < -0.3 is 14.7 Å². The fourth-order valence-electron chi connectivity index (χ4n) is 4.94. The lowest BCUT2D eigenvalue weighted by molar-refractivity contribution is -0.136. The Morgan fingerprint density at radius 2 is 1.94 bits per heavy atom. The van der Waals surface area contributed by atoms with Gasteiger partial charge in [0.2, 0.25) is 0 Å². The fourth-order valence-corrected chi connectivity index (χ4v) is 4.94. The van der Waals surface area contributed by atoms with Crippen molar-refractivity contribution in [2.75, 3.05) is 26.7 Å². The maximum Gasteiger partial charge on any atom is 0.303 e. The number of aryl methyl sites for hydroxylation is 1. The van der Waals surface area contributed by atoms with E-state index in [9.17, 15) is 4.79 Å². The van der Waals surface area contributed by atoms with Crippen LogP contribution < -0.4 is 4.74 Å². The van der Waals surface area contributed by atoms with Crippen LogP contribution in [0.1, 0.15) is 58.9 Å². The van der Waals surface area contributed by atoms with Gasteiger partial charge in [-0.15, -0.1) is 0 Å². The number of aliphatic carboxylic acids is 1. The van der Waals surface area contributed by atoms with Crippen LogP contribution in [0.3, 0.4) is 0 Å². The summed E-state index contributed by atoms with van der Waals surface area (Å²) in [5.41, 5.74) is 5.79. The molecule has 0 bridgehead atoms. The molecule has 2 aliphatic carbocycles. The van der Waals surface area contributed by atoms with Crippen molar-refractivity contribution in [2.45, 2.75) is 59.8 Å². The topological polar surface area (TPSA) is 49.8 Å². The minimum Gasteiger partial charge on any atom is -0.492 e. The molecule has 1 aromatic carbocycles. The second-order valence-corrected chi connectivity index (χ2v) is 11.0. The molecule has 1 N–H and O–H groups in total. The van der Waals surface area contributed by atoms with E-state index in [-0.39, 0.29) is 11.8 Å². The minimum absolute atomic E-state index is 0.155. The van der Waals surface area contributed by atoms with Crippen molar-refractivity contribution in [3.63, 3.8) is 0 Å². The van der Waals surface area contributed by atoms with E-state index in [1.54, 1.807) is 5.57 Å². The van der Waals surface area contributed by atoms with Gasteiger partial charge in [-0.1, -0.05) is 74.4 Å². The zero-order chi connectivity index (χ0) is 25.4. The Labute approximate surface area is 212 Å². The number of allylic oxidation sites excluding steroid dienone is 8. The van der Waals surface area contributed by atoms with Crippen LogP contribution in [0.2, 0.25) is 0 Å². The van der Waals surface area contributed by atoms with Gasteiger partial charge in [-0.3, -0.25) is 4.79 Å². The summed E-state index contributed by atoms with van der Waals surface area (Å²) in [6.07, 6.45) is 16.0. The summed E-state index contributed by atoms with van der Waals surface area (Å²) in [5, 5.41) is 8.83. The number of hydrogen-bond acceptors (Lipinski definition) is 3. The lowest BCUT2D eigenvalue weighted by Gasteiger charge is -2.33. The zero-order valence-corrected chi connectivity index (χ0v) is 22.2. The van der Waals surface area contributed by atoms with Crippen LogP contribution in [0, 0.1) is 17.3 Å². The highest BCUT2D eigenvalue weighted by molar-refractivity contribution is 5.67. The van der Waals surface area contributed by atoms with E-state index in [0.29, 0.717) is 24.9 Å². The molecule has 3 rings (SSSR count). The van der Waals surface area contributed by atoms with Crippen molar-refractivity contribution in [3.8, 4) is 5.75 Å². The lowest BCUT2D eigenvalue weighted by atomic mass is 9.73. The summed E-state index contributed by atoms with van der Waals surface area (Å²) < 4.78 is 5.95. The molecule has 4 nitrogen and oxygen atoms in total. The molecule has 0 heterocycles. The molecular formula is C31H43NO3. The van der Waals surface area contributed by atoms with Crippen LogP contribution in [0.4, 0.5) is 0 Å². The van der Waals surface area contributed by atoms with Crippen molar-refractivity contribution in [1.82, 2.24) is 4.90 Å². The third-order valence-corrected chi connectivity index (χ3v) is 7.25. The second kappa shape index (κ2) is 12.4. The first kappa shape index (κ1) is 27.0. The van der Waals surface area contributed by atoms with Crippen LogP contribution >= 0.6 is 0 Å². The monoisotopic (exact) mass is 477 g/mol. The summed E-state index contributed by atoms with van der Waals surface area (Å²) >= 11 is 0. The number of carboxylic acid groups (broad SMARTS) is 1. The highest BCUT2D eigenvalue weighted by Gasteiger charge is 2.27. The standard InChI is InChI=1S/C31H43NO3/c1-23-6-12-28(24(2)22-23)29(26-14-17-31(3,4)18-15-26)16-19-32(5)20-21-35-27-10-7-25(8-11-27)9-13-30(33)34/h6-8,10-12,14-15,17,24,29H,9,13,16,18-22H2,1-5H3,(H,33,34). The quantitative estimate of drug-likeness (QED) is 0.358. The molecule has 2 aliphatic rings. The number of benzene rings is 1. The molecule has 0 aromatic heterocycles. The van der Waals surface area contributed by atoms with E-state index in [1.807, 2.05) is 24.3 Å². The summed E-state index contributed by atoms with van der Waals surface area (Å²) in [5.74, 6) is 1.11. The molecule has 0 saturated carbocycles. The van der Waals surface area contributed by atoms with Gasteiger partial charge in [0.05, 0.1) is 0 Å². The van der Waals surface area contributed by atoms with E-state index in [0.717, 1.165) is 43.7 Å². The number of carbonyl (C=O) groups is 1. The van der Waals surface area contributed by atoms with Gasteiger partial charge in [0.15, 0.2) is 0 Å². The lowest BCUT2D eigenvalue weighted by Crippen LogP contribution is -2.28. The Hall–Kier alpha value is -2.59. The number of hydrogen-bond donors (Lipinski definition) is 1. The third-order valence-electron chi connectivity index (χ3n) is 7.25. The predicted octanol–water partition coefficient (Wildman–Crippen LogP) is 6.85. The second-order valence-electron chi connectivity index (χ2n) is 11.0. The minimum atomic E-state index is -0.768. The van der Waals surface area contributed by atoms with Crippen LogP contribution in [0.25, 0.3) is 0 Å². The van der Waals surface area contributed by atoms with Gasteiger partial charge >= 0.3 is 5.97 Å². The first-order valence-electron chi connectivity index (χ1n) is 13.0. The Morgan fingerprint density at radius 1 is 1.20 bits per heavy atom. The van der Waals surface area contributed by atoms with Crippen molar-refractivity contribution in [1.29, 1.82) is 0 Å². The third kappa shape index (κ3) is 8.54. The normalized spacial score (nSPS) is 20.2. The van der Waals surface area contributed by atoms with E-state index >= 15 is 0 Å². The molecule has 0 saturated heterocycles. The number of likely N-dealkylation sites (N-methyl/N-ethyl adjacent to an activating group) is 1. The van der Waals surface area contributed by atoms with Gasteiger partial charge in [0.1, 0.15) is 12.4 Å². The molecule has 0 fully saturated rings. The maximum atomic E-state index is 10.7. The first-order valence-corrected chi connectivity index (χ1v) is 13.0. The van der Waals surface area contributed by atoms with Crippen molar-refractivity contribution in [3.05, 3.63) is 76.9 Å². The van der Waals surface area contributed by atoms with E-state index in [1.165, 1.54) is 11.1 Å². The molecule has 1 aromatic rings. The first-order chi connectivity index (χ1) is 16.6. The van der Waals surface area contributed by atoms with Gasteiger partial charge in [0.25, 0.3) is 0 Å². The summed E-state index contributed by atoms with van der Waals surface area (Å²) in [6.45, 7) is 11.7.